The van der Waals surface area contributed by atoms with E-state index in [1.54, 1.807) is 12.3 Å². The number of nitrogens with zero attached hydrogens (tertiary/aromatic N) is 1. The molecule has 1 aromatic heterocycles. The molecule has 0 spiro atoms. The van der Waals surface area contributed by atoms with Crippen LogP contribution in [0.15, 0.2) is 28.9 Å². The van der Waals surface area contributed by atoms with Crippen LogP contribution in [0.5, 0.6) is 0 Å². The van der Waals surface area contributed by atoms with Crippen molar-refractivity contribution in [3.63, 3.8) is 0 Å². The number of hydrogen-bond donors (Lipinski definition) is 2. The highest BCUT2D eigenvalue weighted by atomic mass is 79.9. The number of halogens is 2. The van der Waals surface area contributed by atoms with E-state index in [0.717, 1.165) is 41.7 Å². The van der Waals surface area contributed by atoms with Gasteiger partial charge in [-0.05, 0) is 44.1 Å². The fraction of sp³-hybridized carbons (Fsp3) is 0.357. The number of nitrogens with one attached hydrogen (secondary N) is 2. The SMILES string of the molecule is Fc1ccc(Br)cc1-c1cn[nH]c1C1CCNCC1. The first-order valence-electron chi connectivity index (χ1n) is 6.45. The molecule has 100 valence electrons. The maximum atomic E-state index is 14.0. The van der Waals surface area contributed by atoms with E-state index in [4.69, 9.17) is 0 Å². The summed E-state index contributed by atoms with van der Waals surface area (Å²) in [5, 5.41) is 10.5. The predicted molar refractivity (Wildman–Crippen MR) is 76.5 cm³/mol. The second kappa shape index (κ2) is 5.43. The highest BCUT2D eigenvalue weighted by molar-refractivity contribution is 9.10. The second-order valence-electron chi connectivity index (χ2n) is 4.85. The summed E-state index contributed by atoms with van der Waals surface area (Å²) >= 11 is 3.40. The predicted octanol–water partition coefficient (Wildman–Crippen LogP) is 3.45. The Morgan fingerprint density at radius 3 is 2.79 bits per heavy atom. The molecule has 2 aromatic rings. The van der Waals surface area contributed by atoms with Crippen LogP contribution in [-0.4, -0.2) is 23.3 Å². The Balaban J connectivity index is 2.01. The molecule has 1 aliphatic heterocycles. The number of piperidine rings is 1. The van der Waals surface area contributed by atoms with Crippen LogP contribution >= 0.6 is 15.9 Å². The standard InChI is InChI=1S/C14H15BrFN3/c15-10-1-2-13(16)11(7-10)12-8-18-19-14(12)9-3-5-17-6-4-9/h1-2,7-9,17H,3-6H2,(H,18,19). The fourth-order valence-electron chi connectivity index (χ4n) is 2.64. The molecule has 1 aliphatic rings. The molecule has 0 unspecified atom stereocenters. The van der Waals surface area contributed by atoms with Crippen LogP contribution < -0.4 is 5.32 Å². The Morgan fingerprint density at radius 1 is 1.21 bits per heavy atom. The summed E-state index contributed by atoms with van der Waals surface area (Å²) in [5.41, 5.74) is 2.54. The quantitative estimate of drug-likeness (QED) is 0.888. The van der Waals surface area contributed by atoms with E-state index in [-0.39, 0.29) is 5.82 Å². The summed E-state index contributed by atoms with van der Waals surface area (Å²) in [7, 11) is 0. The lowest BCUT2D eigenvalue weighted by Gasteiger charge is -2.22. The minimum Gasteiger partial charge on any atom is -0.317 e. The Labute approximate surface area is 119 Å². The molecule has 3 nitrogen and oxygen atoms in total. The Bertz CT molecular complexity index is 576. The molecule has 2 N–H and O–H groups in total. The molecular weight excluding hydrogens is 309 g/mol. The summed E-state index contributed by atoms with van der Waals surface area (Å²) in [5.74, 6) is 0.219. The third-order valence-corrected chi connectivity index (χ3v) is 4.13. The molecule has 1 saturated heterocycles. The van der Waals surface area contributed by atoms with Gasteiger partial charge in [0.1, 0.15) is 5.82 Å². The van der Waals surface area contributed by atoms with Crippen molar-refractivity contribution in [1.29, 1.82) is 0 Å². The lowest BCUT2D eigenvalue weighted by atomic mass is 9.90. The van der Waals surface area contributed by atoms with Gasteiger partial charge < -0.3 is 5.32 Å². The number of rotatable bonds is 2. The lowest BCUT2D eigenvalue weighted by molar-refractivity contribution is 0.453. The van der Waals surface area contributed by atoms with E-state index in [1.807, 2.05) is 6.07 Å². The molecule has 0 aliphatic carbocycles. The van der Waals surface area contributed by atoms with Crippen molar-refractivity contribution in [3.05, 3.63) is 40.4 Å². The van der Waals surface area contributed by atoms with Gasteiger partial charge >= 0.3 is 0 Å². The third kappa shape index (κ3) is 2.58. The zero-order valence-electron chi connectivity index (χ0n) is 10.4. The monoisotopic (exact) mass is 323 g/mol. The van der Waals surface area contributed by atoms with Crippen LogP contribution in [0.2, 0.25) is 0 Å². The molecule has 1 aromatic carbocycles. The zero-order chi connectivity index (χ0) is 13.2. The smallest absolute Gasteiger partial charge is 0.131 e. The normalized spacial score (nSPS) is 16.7. The summed E-state index contributed by atoms with van der Waals surface area (Å²) < 4.78 is 14.9. The van der Waals surface area contributed by atoms with Gasteiger partial charge in [0, 0.05) is 27.2 Å². The van der Waals surface area contributed by atoms with Crippen molar-refractivity contribution in [2.24, 2.45) is 0 Å². The second-order valence-corrected chi connectivity index (χ2v) is 5.76. The number of aromatic nitrogens is 2. The zero-order valence-corrected chi connectivity index (χ0v) is 12.0. The number of H-pyrrole nitrogens is 1. The van der Waals surface area contributed by atoms with Crippen LogP contribution in [0.1, 0.15) is 24.5 Å². The molecule has 19 heavy (non-hydrogen) atoms. The molecule has 3 rings (SSSR count). The van der Waals surface area contributed by atoms with E-state index in [2.05, 4.69) is 31.4 Å². The van der Waals surface area contributed by atoms with Crippen molar-refractivity contribution in [3.8, 4) is 11.1 Å². The van der Waals surface area contributed by atoms with Gasteiger partial charge in [0.2, 0.25) is 0 Å². The van der Waals surface area contributed by atoms with E-state index in [9.17, 15) is 4.39 Å². The third-order valence-electron chi connectivity index (χ3n) is 3.63. The maximum Gasteiger partial charge on any atom is 0.131 e. The van der Waals surface area contributed by atoms with E-state index in [1.165, 1.54) is 6.07 Å². The molecule has 5 heteroatoms. The number of aromatic amines is 1. The van der Waals surface area contributed by atoms with Gasteiger partial charge in [0.15, 0.2) is 0 Å². The summed E-state index contributed by atoms with van der Waals surface area (Å²) in [6.45, 7) is 2.01. The topological polar surface area (TPSA) is 40.7 Å². The van der Waals surface area contributed by atoms with Crippen LogP contribution in [0.4, 0.5) is 4.39 Å². The number of hydrogen-bond acceptors (Lipinski definition) is 2. The van der Waals surface area contributed by atoms with Crippen LogP contribution in [0.3, 0.4) is 0 Å². The lowest BCUT2D eigenvalue weighted by Crippen LogP contribution is -2.27. The first-order valence-corrected chi connectivity index (χ1v) is 7.24. The van der Waals surface area contributed by atoms with E-state index >= 15 is 0 Å². The van der Waals surface area contributed by atoms with Gasteiger partial charge in [-0.25, -0.2) is 4.39 Å². The van der Waals surface area contributed by atoms with Crippen LogP contribution in [-0.2, 0) is 0 Å². The highest BCUT2D eigenvalue weighted by Crippen LogP contribution is 2.34. The van der Waals surface area contributed by atoms with Gasteiger partial charge in [0.05, 0.1) is 6.20 Å². The molecule has 2 heterocycles. The molecule has 0 saturated carbocycles. The number of benzene rings is 1. The molecule has 0 bridgehead atoms. The summed E-state index contributed by atoms with van der Waals surface area (Å²) in [6, 6.07) is 5.01. The van der Waals surface area contributed by atoms with Gasteiger partial charge in [-0.3, -0.25) is 5.10 Å². The molecule has 0 atom stereocenters. The van der Waals surface area contributed by atoms with E-state index < -0.39 is 0 Å². The largest absolute Gasteiger partial charge is 0.317 e. The van der Waals surface area contributed by atoms with Crippen molar-refractivity contribution in [1.82, 2.24) is 15.5 Å². The first kappa shape index (κ1) is 12.8. The van der Waals surface area contributed by atoms with Gasteiger partial charge in [0.25, 0.3) is 0 Å². The van der Waals surface area contributed by atoms with Crippen molar-refractivity contribution in [2.45, 2.75) is 18.8 Å². The first-order chi connectivity index (χ1) is 9.25. The van der Waals surface area contributed by atoms with E-state index in [0.29, 0.717) is 11.5 Å². The van der Waals surface area contributed by atoms with Crippen LogP contribution in [0, 0.1) is 5.82 Å². The average Bonchev–Trinajstić information content (AvgIpc) is 2.91. The van der Waals surface area contributed by atoms with Crippen molar-refractivity contribution in [2.75, 3.05) is 13.1 Å². The molecular formula is C14H15BrFN3. The van der Waals surface area contributed by atoms with Crippen molar-refractivity contribution < 1.29 is 4.39 Å². The van der Waals surface area contributed by atoms with Gasteiger partial charge in [-0.2, -0.15) is 5.10 Å². The maximum absolute atomic E-state index is 14.0. The summed E-state index contributed by atoms with van der Waals surface area (Å²) in [4.78, 5) is 0. The Hall–Kier alpha value is -1.20. The van der Waals surface area contributed by atoms with Crippen LogP contribution in [0.25, 0.3) is 11.1 Å². The van der Waals surface area contributed by atoms with Gasteiger partial charge in [-0.1, -0.05) is 15.9 Å². The Kier molecular flexibility index (Phi) is 3.66. The molecule has 0 amide bonds. The van der Waals surface area contributed by atoms with Gasteiger partial charge in [-0.15, -0.1) is 0 Å². The minimum atomic E-state index is -0.209. The fourth-order valence-corrected chi connectivity index (χ4v) is 3.00. The minimum absolute atomic E-state index is 0.209. The average molecular weight is 324 g/mol. The molecule has 1 fully saturated rings. The Morgan fingerprint density at radius 2 is 2.00 bits per heavy atom. The highest BCUT2D eigenvalue weighted by Gasteiger charge is 2.22. The summed E-state index contributed by atoms with van der Waals surface area (Å²) in [6.07, 6.45) is 3.85. The van der Waals surface area contributed by atoms with Crippen molar-refractivity contribution >= 4 is 15.9 Å². The molecule has 0 radical (unpaired) electrons.